The lowest BCUT2D eigenvalue weighted by atomic mass is 10.2. The van der Waals surface area contributed by atoms with E-state index in [1.807, 2.05) is 6.92 Å². The predicted molar refractivity (Wildman–Crippen MR) is 83.3 cm³/mol. The van der Waals surface area contributed by atoms with Crippen LogP contribution in [0.15, 0.2) is 18.2 Å². The van der Waals surface area contributed by atoms with Crippen LogP contribution in [0.3, 0.4) is 0 Å². The fourth-order valence-electron chi connectivity index (χ4n) is 1.77. The standard InChI is InChI=1S/C12H9Cl2N5OS/c1-2-19-17-12(16-18-19)15-11(20)10-9(14)7-4-3-6(13)5-8(7)21-10/h3-5H,2H2,1H3,(H,15,17,20). The van der Waals surface area contributed by atoms with Gasteiger partial charge in [-0.05, 0) is 24.3 Å². The SMILES string of the molecule is CCn1nnc(NC(=O)c2sc3cc(Cl)ccc3c2Cl)n1. The van der Waals surface area contributed by atoms with Gasteiger partial charge in [0.1, 0.15) is 4.88 Å². The molecule has 0 radical (unpaired) electrons. The molecule has 21 heavy (non-hydrogen) atoms. The number of fused-ring (bicyclic) bond motifs is 1. The second-order valence-electron chi connectivity index (χ2n) is 4.14. The maximum atomic E-state index is 12.3. The minimum atomic E-state index is -0.368. The van der Waals surface area contributed by atoms with E-state index in [1.165, 1.54) is 16.1 Å². The summed E-state index contributed by atoms with van der Waals surface area (Å²) in [7, 11) is 0. The predicted octanol–water partition coefficient (Wildman–Crippen LogP) is 3.47. The molecule has 0 aliphatic carbocycles. The summed E-state index contributed by atoms with van der Waals surface area (Å²) in [5.74, 6) is -0.221. The topological polar surface area (TPSA) is 72.7 Å². The average molecular weight is 342 g/mol. The Bertz CT molecular complexity index is 828. The van der Waals surface area contributed by atoms with Gasteiger partial charge in [0.2, 0.25) is 0 Å². The zero-order valence-electron chi connectivity index (χ0n) is 10.8. The van der Waals surface area contributed by atoms with Gasteiger partial charge in [0.15, 0.2) is 0 Å². The van der Waals surface area contributed by atoms with Gasteiger partial charge in [-0.2, -0.15) is 4.80 Å². The summed E-state index contributed by atoms with van der Waals surface area (Å²) in [6.45, 7) is 2.45. The molecule has 3 rings (SSSR count). The first-order valence-corrected chi connectivity index (χ1v) is 7.62. The van der Waals surface area contributed by atoms with Crippen molar-refractivity contribution in [2.24, 2.45) is 0 Å². The third-order valence-corrected chi connectivity index (χ3v) is 4.65. The summed E-state index contributed by atoms with van der Waals surface area (Å²) < 4.78 is 0.850. The zero-order valence-corrected chi connectivity index (χ0v) is 13.1. The van der Waals surface area contributed by atoms with Gasteiger partial charge < -0.3 is 0 Å². The van der Waals surface area contributed by atoms with Gasteiger partial charge in [-0.3, -0.25) is 10.1 Å². The molecule has 0 unspecified atom stereocenters. The fraction of sp³-hybridized carbons (Fsp3) is 0.167. The molecule has 0 saturated heterocycles. The molecule has 0 bridgehead atoms. The highest BCUT2D eigenvalue weighted by atomic mass is 35.5. The van der Waals surface area contributed by atoms with Crippen molar-refractivity contribution in [1.82, 2.24) is 20.2 Å². The van der Waals surface area contributed by atoms with E-state index in [0.717, 1.165) is 10.1 Å². The molecular formula is C12H9Cl2N5OS. The number of hydrogen-bond acceptors (Lipinski definition) is 5. The zero-order chi connectivity index (χ0) is 15.0. The molecular weight excluding hydrogens is 333 g/mol. The molecule has 0 saturated carbocycles. The summed E-state index contributed by atoms with van der Waals surface area (Å²) in [6, 6.07) is 5.30. The van der Waals surface area contributed by atoms with Crippen molar-refractivity contribution < 1.29 is 4.79 Å². The summed E-state index contributed by atoms with van der Waals surface area (Å²) in [5, 5.41) is 15.9. The van der Waals surface area contributed by atoms with Crippen molar-refractivity contribution in [3.63, 3.8) is 0 Å². The van der Waals surface area contributed by atoms with Gasteiger partial charge in [-0.15, -0.1) is 16.4 Å². The highest BCUT2D eigenvalue weighted by Gasteiger charge is 2.18. The van der Waals surface area contributed by atoms with Crippen molar-refractivity contribution in [1.29, 1.82) is 0 Å². The number of carbonyl (C=O) groups is 1. The van der Waals surface area contributed by atoms with E-state index in [9.17, 15) is 4.79 Å². The molecule has 1 amide bonds. The van der Waals surface area contributed by atoms with E-state index < -0.39 is 0 Å². The number of hydrogen-bond donors (Lipinski definition) is 1. The third-order valence-electron chi connectivity index (χ3n) is 2.76. The number of nitrogens with one attached hydrogen (secondary N) is 1. The maximum Gasteiger partial charge on any atom is 0.270 e. The molecule has 9 heteroatoms. The van der Waals surface area contributed by atoms with Crippen molar-refractivity contribution in [2.75, 3.05) is 5.32 Å². The van der Waals surface area contributed by atoms with Crippen LogP contribution in [0.5, 0.6) is 0 Å². The number of anilines is 1. The Morgan fingerprint density at radius 2 is 2.24 bits per heavy atom. The van der Waals surface area contributed by atoms with E-state index in [-0.39, 0.29) is 11.9 Å². The van der Waals surface area contributed by atoms with Gasteiger partial charge >= 0.3 is 0 Å². The third kappa shape index (κ3) is 2.72. The van der Waals surface area contributed by atoms with E-state index in [0.29, 0.717) is 21.5 Å². The molecule has 6 nitrogen and oxygen atoms in total. The highest BCUT2D eigenvalue weighted by Crippen LogP contribution is 2.36. The second-order valence-corrected chi connectivity index (χ2v) is 6.01. The molecule has 0 aliphatic rings. The van der Waals surface area contributed by atoms with Crippen molar-refractivity contribution in [3.8, 4) is 0 Å². The van der Waals surface area contributed by atoms with Gasteiger partial charge in [0.05, 0.1) is 11.6 Å². The molecule has 3 aromatic rings. The first-order valence-electron chi connectivity index (χ1n) is 6.05. The summed E-state index contributed by atoms with van der Waals surface area (Å²) in [5.41, 5.74) is 0. The lowest BCUT2D eigenvalue weighted by molar-refractivity contribution is 0.103. The fourth-order valence-corrected chi connectivity index (χ4v) is 3.46. The quantitative estimate of drug-likeness (QED) is 0.791. The van der Waals surface area contributed by atoms with Gasteiger partial charge in [0.25, 0.3) is 11.9 Å². The molecule has 108 valence electrons. The smallest absolute Gasteiger partial charge is 0.270 e. The Kier molecular flexibility index (Phi) is 3.79. The lowest BCUT2D eigenvalue weighted by Gasteiger charge is -1.97. The van der Waals surface area contributed by atoms with Gasteiger partial charge in [-0.1, -0.05) is 34.4 Å². The molecule has 0 aliphatic heterocycles. The van der Waals surface area contributed by atoms with Gasteiger partial charge in [0, 0.05) is 15.1 Å². The van der Waals surface area contributed by atoms with Crippen LogP contribution in [0.1, 0.15) is 16.6 Å². The first-order chi connectivity index (χ1) is 10.1. The summed E-state index contributed by atoms with van der Waals surface area (Å²) in [4.78, 5) is 14.0. The summed E-state index contributed by atoms with van der Waals surface area (Å²) in [6.07, 6.45) is 0. The number of carbonyl (C=O) groups excluding carboxylic acids is 1. The maximum absolute atomic E-state index is 12.3. The van der Waals surface area contributed by atoms with E-state index in [4.69, 9.17) is 23.2 Å². The number of rotatable bonds is 3. The number of tetrazole rings is 1. The van der Waals surface area contributed by atoms with Crippen molar-refractivity contribution in [3.05, 3.63) is 33.1 Å². The first kappa shape index (κ1) is 14.2. The molecule has 0 fully saturated rings. The van der Waals surface area contributed by atoms with Crippen LogP contribution in [0.25, 0.3) is 10.1 Å². The molecule has 2 aromatic heterocycles. The second kappa shape index (κ2) is 5.59. The Hall–Kier alpha value is -1.70. The molecule has 0 atom stereocenters. The van der Waals surface area contributed by atoms with Crippen LogP contribution in [-0.4, -0.2) is 26.1 Å². The summed E-state index contributed by atoms with van der Waals surface area (Å²) >= 11 is 13.5. The van der Waals surface area contributed by atoms with E-state index in [2.05, 4.69) is 20.7 Å². The normalized spacial score (nSPS) is 11.0. The minimum Gasteiger partial charge on any atom is -0.287 e. The number of benzene rings is 1. The Balaban J connectivity index is 1.92. The van der Waals surface area contributed by atoms with Crippen LogP contribution in [0, 0.1) is 0 Å². The number of nitrogens with zero attached hydrogens (tertiary/aromatic N) is 4. The van der Waals surface area contributed by atoms with Crippen molar-refractivity contribution >= 4 is 56.5 Å². The Morgan fingerprint density at radius 1 is 1.43 bits per heavy atom. The molecule has 1 aromatic carbocycles. The van der Waals surface area contributed by atoms with Gasteiger partial charge in [-0.25, -0.2) is 0 Å². The number of aromatic nitrogens is 4. The van der Waals surface area contributed by atoms with Crippen LogP contribution in [0.2, 0.25) is 10.0 Å². The van der Waals surface area contributed by atoms with Crippen LogP contribution in [0.4, 0.5) is 5.95 Å². The minimum absolute atomic E-state index is 0.147. The largest absolute Gasteiger partial charge is 0.287 e. The molecule has 2 heterocycles. The highest BCUT2D eigenvalue weighted by molar-refractivity contribution is 7.21. The number of thiophene rings is 1. The average Bonchev–Trinajstić information content (AvgIpc) is 3.03. The van der Waals surface area contributed by atoms with Crippen LogP contribution >= 0.6 is 34.5 Å². The monoisotopic (exact) mass is 341 g/mol. The van der Waals surface area contributed by atoms with Crippen LogP contribution in [-0.2, 0) is 6.54 Å². The lowest BCUT2D eigenvalue weighted by Crippen LogP contribution is -2.12. The van der Waals surface area contributed by atoms with E-state index >= 15 is 0 Å². The number of amides is 1. The number of aryl methyl sites for hydroxylation is 1. The number of halogens is 2. The van der Waals surface area contributed by atoms with E-state index in [1.54, 1.807) is 18.2 Å². The molecule has 0 spiro atoms. The Morgan fingerprint density at radius 3 is 2.95 bits per heavy atom. The molecule has 1 N–H and O–H groups in total. The van der Waals surface area contributed by atoms with Crippen LogP contribution < -0.4 is 5.32 Å². The Labute approximate surface area is 133 Å². The van der Waals surface area contributed by atoms with Crippen molar-refractivity contribution in [2.45, 2.75) is 13.5 Å².